The average molecular weight is 421 g/mol. The highest BCUT2D eigenvalue weighted by molar-refractivity contribution is 5.84. The largest absolute Gasteiger partial charge is 0.204 e. The Morgan fingerprint density at radius 2 is 1.42 bits per heavy atom. The molecule has 1 saturated carbocycles. The molecule has 0 heterocycles. The fraction of sp³-hybridized carbons (Fsp3) is 0.357. The van der Waals surface area contributed by atoms with Gasteiger partial charge in [0.1, 0.15) is 0 Å². The van der Waals surface area contributed by atoms with Gasteiger partial charge >= 0.3 is 0 Å². The first-order chi connectivity index (χ1) is 15.0. The summed E-state index contributed by atoms with van der Waals surface area (Å²) in [6.45, 7) is 2.30. The van der Waals surface area contributed by atoms with Crippen LogP contribution in [-0.4, -0.2) is 0 Å². The van der Waals surface area contributed by atoms with Gasteiger partial charge < -0.3 is 0 Å². The highest BCUT2D eigenvalue weighted by Crippen LogP contribution is 2.33. The molecule has 1 aliphatic carbocycles. The monoisotopic (exact) mass is 420 g/mol. The number of hydrogen-bond acceptors (Lipinski definition) is 0. The Morgan fingerprint density at radius 1 is 0.774 bits per heavy atom. The van der Waals surface area contributed by atoms with Crippen LogP contribution in [0.15, 0.2) is 48.5 Å². The van der Waals surface area contributed by atoms with Crippen LogP contribution in [0.4, 0.5) is 13.2 Å². The number of benzene rings is 3. The van der Waals surface area contributed by atoms with Crippen LogP contribution < -0.4 is 0 Å². The molecule has 0 saturated heterocycles. The van der Waals surface area contributed by atoms with E-state index in [1.54, 1.807) is 12.1 Å². The third-order valence-corrected chi connectivity index (χ3v) is 6.66. The molecule has 31 heavy (non-hydrogen) atoms. The fourth-order valence-corrected chi connectivity index (χ4v) is 4.58. The third-order valence-electron chi connectivity index (χ3n) is 6.66. The van der Waals surface area contributed by atoms with E-state index < -0.39 is 17.5 Å². The molecule has 0 aromatic heterocycles. The van der Waals surface area contributed by atoms with E-state index in [0.29, 0.717) is 10.9 Å². The lowest BCUT2D eigenvalue weighted by Gasteiger charge is -2.27. The predicted molar refractivity (Wildman–Crippen MR) is 120 cm³/mol. The van der Waals surface area contributed by atoms with Crippen molar-refractivity contribution >= 4 is 10.8 Å². The summed E-state index contributed by atoms with van der Waals surface area (Å²) in [5, 5.41) is 0.350. The van der Waals surface area contributed by atoms with Crippen LogP contribution in [0.2, 0.25) is 0 Å². The second-order valence-electron chi connectivity index (χ2n) is 8.70. The van der Waals surface area contributed by atoms with Gasteiger partial charge in [-0.05, 0) is 66.0 Å². The zero-order valence-electron chi connectivity index (χ0n) is 17.9. The van der Waals surface area contributed by atoms with Gasteiger partial charge in [-0.25, -0.2) is 13.2 Å². The van der Waals surface area contributed by atoms with Crippen molar-refractivity contribution in [3.63, 3.8) is 0 Å². The molecule has 1 aliphatic rings. The first-order valence-corrected chi connectivity index (χ1v) is 11.2. The van der Waals surface area contributed by atoms with Crippen LogP contribution in [0.1, 0.15) is 62.1 Å². The zero-order valence-corrected chi connectivity index (χ0v) is 17.9. The van der Waals surface area contributed by atoms with E-state index in [0.717, 1.165) is 29.9 Å². The second kappa shape index (κ2) is 9.60. The minimum Gasteiger partial charge on any atom is -0.204 e. The van der Waals surface area contributed by atoms with E-state index in [-0.39, 0.29) is 5.39 Å². The van der Waals surface area contributed by atoms with Gasteiger partial charge in [0.2, 0.25) is 0 Å². The quantitative estimate of drug-likeness (QED) is 0.298. The summed E-state index contributed by atoms with van der Waals surface area (Å²) in [6.07, 6.45) is 9.19. The van der Waals surface area contributed by atoms with Crippen LogP contribution in [0.5, 0.6) is 0 Å². The van der Waals surface area contributed by atoms with Crippen molar-refractivity contribution in [2.45, 2.75) is 51.9 Å². The Bertz CT molecular complexity index is 1110. The maximum Gasteiger partial charge on any atom is 0.195 e. The molecule has 0 nitrogen and oxygen atoms in total. The Kier molecular flexibility index (Phi) is 6.66. The highest BCUT2D eigenvalue weighted by atomic mass is 19.2. The molecule has 0 radical (unpaired) electrons. The molecule has 0 amide bonds. The Labute approximate surface area is 182 Å². The minimum absolute atomic E-state index is 0.0528. The van der Waals surface area contributed by atoms with Crippen LogP contribution in [-0.2, 0) is 6.42 Å². The Morgan fingerprint density at radius 3 is 2.13 bits per heavy atom. The molecule has 3 aromatic carbocycles. The lowest BCUT2D eigenvalue weighted by atomic mass is 9.78. The molecular weight excluding hydrogens is 393 g/mol. The number of fused-ring (bicyclic) bond motifs is 1. The summed E-state index contributed by atoms with van der Waals surface area (Å²) in [5.41, 5.74) is 2.86. The summed E-state index contributed by atoms with van der Waals surface area (Å²) in [4.78, 5) is 0. The van der Waals surface area contributed by atoms with Crippen LogP contribution >= 0.6 is 0 Å². The Hall–Kier alpha value is -2.73. The van der Waals surface area contributed by atoms with Crippen LogP contribution in [0.3, 0.4) is 0 Å². The standard InChI is InChI=1S/C28H27F3/c1-2-19-3-5-20(6-4-19)7-8-21-9-11-22(12-10-21)13-14-23-15-16-25-24(17-23)18-26(29)28(31)27(25)30/h9-12,15-20H,2-8H2,1H3. The zero-order chi connectivity index (χ0) is 21.8. The molecule has 3 aromatic rings. The lowest BCUT2D eigenvalue weighted by molar-refractivity contribution is 0.259. The van der Waals surface area contributed by atoms with Crippen LogP contribution in [0, 0.1) is 41.1 Å². The van der Waals surface area contributed by atoms with E-state index in [9.17, 15) is 13.2 Å². The van der Waals surface area contributed by atoms with Gasteiger partial charge in [0.15, 0.2) is 17.5 Å². The van der Waals surface area contributed by atoms with E-state index in [1.807, 2.05) is 12.1 Å². The molecule has 0 N–H and O–H groups in total. The molecule has 0 atom stereocenters. The van der Waals surface area contributed by atoms with Crippen molar-refractivity contribution in [1.82, 2.24) is 0 Å². The van der Waals surface area contributed by atoms with Gasteiger partial charge in [0, 0.05) is 16.5 Å². The van der Waals surface area contributed by atoms with E-state index in [1.165, 1.54) is 50.2 Å². The molecule has 160 valence electrons. The van der Waals surface area contributed by atoms with Gasteiger partial charge in [-0.1, -0.05) is 69.1 Å². The molecule has 0 bridgehead atoms. The second-order valence-corrected chi connectivity index (χ2v) is 8.70. The van der Waals surface area contributed by atoms with Crippen molar-refractivity contribution in [2.75, 3.05) is 0 Å². The maximum atomic E-state index is 13.8. The minimum atomic E-state index is -1.44. The van der Waals surface area contributed by atoms with Gasteiger partial charge in [0.05, 0.1) is 0 Å². The summed E-state index contributed by atoms with van der Waals surface area (Å²) >= 11 is 0. The number of hydrogen-bond donors (Lipinski definition) is 0. The Balaban J connectivity index is 1.39. The summed E-state index contributed by atoms with van der Waals surface area (Å²) in [6, 6.07) is 14.0. The van der Waals surface area contributed by atoms with Crippen molar-refractivity contribution < 1.29 is 13.2 Å². The summed E-state index contributed by atoms with van der Waals surface area (Å²) < 4.78 is 40.7. The molecule has 0 spiro atoms. The fourth-order valence-electron chi connectivity index (χ4n) is 4.58. The molecular formula is C28H27F3. The van der Waals surface area contributed by atoms with E-state index in [4.69, 9.17) is 0 Å². The topological polar surface area (TPSA) is 0 Å². The van der Waals surface area contributed by atoms with Gasteiger partial charge in [0.25, 0.3) is 0 Å². The lowest BCUT2D eigenvalue weighted by Crippen LogP contribution is -2.14. The van der Waals surface area contributed by atoms with Gasteiger partial charge in [-0.2, -0.15) is 0 Å². The molecule has 0 aliphatic heterocycles. The SMILES string of the molecule is CCC1CCC(CCc2ccc(C#Cc3ccc4c(F)c(F)c(F)cc4c3)cc2)CC1. The number of rotatable bonds is 4. The molecule has 3 heteroatoms. The van der Waals surface area contributed by atoms with Crippen molar-refractivity contribution in [2.24, 2.45) is 11.8 Å². The van der Waals surface area contributed by atoms with Crippen molar-refractivity contribution in [3.8, 4) is 11.8 Å². The average Bonchev–Trinajstić information content (AvgIpc) is 2.81. The summed E-state index contributed by atoms with van der Waals surface area (Å²) in [5.74, 6) is 4.13. The molecule has 4 rings (SSSR count). The molecule has 0 unspecified atom stereocenters. The first kappa shape index (κ1) is 21.5. The predicted octanol–water partition coefficient (Wildman–Crippen LogP) is 7.81. The number of aryl methyl sites for hydroxylation is 1. The smallest absolute Gasteiger partial charge is 0.195 e. The molecule has 1 fully saturated rings. The third kappa shape index (κ3) is 5.13. The van der Waals surface area contributed by atoms with Gasteiger partial charge in [-0.15, -0.1) is 0 Å². The van der Waals surface area contributed by atoms with Gasteiger partial charge in [-0.3, -0.25) is 0 Å². The normalized spacial score (nSPS) is 18.6. The van der Waals surface area contributed by atoms with Crippen molar-refractivity contribution in [1.29, 1.82) is 0 Å². The highest BCUT2D eigenvalue weighted by Gasteiger charge is 2.19. The summed E-state index contributed by atoms with van der Waals surface area (Å²) in [7, 11) is 0. The maximum absolute atomic E-state index is 13.8. The number of halogens is 3. The van der Waals surface area contributed by atoms with Crippen molar-refractivity contribution in [3.05, 3.63) is 82.7 Å². The van der Waals surface area contributed by atoms with Crippen LogP contribution in [0.25, 0.3) is 10.8 Å². The van der Waals surface area contributed by atoms with E-state index in [2.05, 4.69) is 30.9 Å². The first-order valence-electron chi connectivity index (χ1n) is 11.2. The van der Waals surface area contributed by atoms with E-state index >= 15 is 0 Å².